The van der Waals surface area contributed by atoms with E-state index in [0.29, 0.717) is 11.2 Å². The number of piperidine rings is 1. The Kier molecular flexibility index (Phi) is 6.39. The summed E-state index contributed by atoms with van der Waals surface area (Å²) in [6.45, 7) is 5.68. The van der Waals surface area contributed by atoms with Crippen LogP contribution in [-0.4, -0.2) is 59.2 Å². The van der Waals surface area contributed by atoms with Gasteiger partial charge in [0.25, 0.3) is 0 Å². The topological polar surface area (TPSA) is 36.4 Å². The van der Waals surface area contributed by atoms with Crippen LogP contribution >= 0.6 is 11.8 Å². The van der Waals surface area contributed by atoms with Crippen LogP contribution in [0.3, 0.4) is 0 Å². The maximum atomic E-state index is 12.7. The highest BCUT2D eigenvalue weighted by molar-refractivity contribution is 7.99. The number of hydrogen-bond donors (Lipinski definition) is 0. The van der Waals surface area contributed by atoms with Gasteiger partial charge < -0.3 is 9.80 Å². The van der Waals surface area contributed by atoms with Gasteiger partial charge in [0, 0.05) is 37.8 Å². The first-order valence-electron chi connectivity index (χ1n) is 10.8. The molecular formula is C22H33N3OS. The number of hydrogen-bond acceptors (Lipinski definition) is 4. The molecule has 4 rings (SSSR count). The number of aromatic nitrogens is 1. The Balaban J connectivity index is 1.27. The minimum Gasteiger partial charge on any atom is -0.341 e. The average Bonchev–Trinajstić information content (AvgIpc) is 3.11. The molecule has 27 heavy (non-hydrogen) atoms. The largest absolute Gasteiger partial charge is 0.341 e. The molecule has 1 aromatic heterocycles. The van der Waals surface area contributed by atoms with E-state index in [1.165, 1.54) is 71.0 Å². The van der Waals surface area contributed by atoms with Crippen molar-refractivity contribution in [3.8, 4) is 0 Å². The van der Waals surface area contributed by atoms with Gasteiger partial charge in [0.15, 0.2) is 0 Å². The lowest BCUT2D eigenvalue weighted by molar-refractivity contribution is -0.127. The number of carbonyl (C=O) groups excluding carboxylic acids is 1. The van der Waals surface area contributed by atoms with Gasteiger partial charge in [-0.15, -0.1) is 0 Å². The fourth-order valence-electron chi connectivity index (χ4n) is 5.34. The smallest absolute Gasteiger partial charge is 0.233 e. The number of carbonyl (C=O) groups is 1. The normalized spacial score (nSPS) is 27.3. The molecule has 1 atom stereocenters. The van der Waals surface area contributed by atoms with Gasteiger partial charge in [0.2, 0.25) is 5.91 Å². The zero-order valence-electron chi connectivity index (χ0n) is 16.4. The predicted octanol–water partition coefficient (Wildman–Crippen LogP) is 4.07. The molecule has 3 heterocycles. The Labute approximate surface area is 168 Å². The number of rotatable bonds is 5. The van der Waals surface area contributed by atoms with Crippen LogP contribution in [0.15, 0.2) is 29.4 Å². The molecule has 1 aromatic rings. The molecule has 2 aliphatic heterocycles. The third-order valence-electron chi connectivity index (χ3n) is 6.75. The van der Waals surface area contributed by atoms with Crippen molar-refractivity contribution in [1.82, 2.24) is 14.8 Å². The standard InChI is InChI=1S/C22H33N3OS/c26-21(16-27-20-9-4-5-12-23-20)25-14-11-22(18-25)10-6-13-24(17-22)15-19-7-2-1-3-8-19/h4-5,9,12,19H,1-3,6-8,10-11,13-18H2/t22-/m1/s1. The molecule has 0 aromatic carbocycles. The molecule has 4 nitrogen and oxygen atoms in total. The molecule has 0 N–H and O–H groups in total. The van der Waals surface area contributed by atoms with Gasteiger partial charge in [-0.05, 0) is 56.7 Å². The van der Waals surface area contributed by atoms with Crippen LogP contribution in [0.5, 0.6) is 0 Å². The molecule has 0 unspecified atom stereocenters. The minimum absolute atomic E-state index is 0.284. The van der Waals surface area contributed by atoms with Crippen molar-refractivity contribution >= 4 is 17.7 Å². The third kappa shape index (κ3) is 5.05. The van der Waals surface area contributed by atoms with Crippen LogP contribution in [0, 0.1) is 11.3 Å². The first-order valence-corrected chi connectivity index (χ1v) is 11.8. The first-order chi connectivity index (χ1) is 13.2. The summed E-state index contributed by atoms with van der Waals surface area (Å²) in [5, 5.41) is 0.941. The minimum atomic E-state index is 0.284. The lowest BCUT2D eigenvalue weighted by atomic mass is 9.78. The zero-order chi connectivity index (χ0) is 18.5. The predicted molar refractivity (Wildman–Crippen MR) is 111 cm³/mol. The van der Waals surface area contributed by atoms with Crippen molar-refractivity contribution in [3.63, 3.8) is 0 Å². The molecule has 1 saturated carbocycles. The van der Waals surface area contributed by atoms with E-state index in [1.807, 2.05) is 18.2 Å². The highest BCUT2D eigenvalue weighted by Crippen LogP contribution is 2.40. The summed E-state index contributed by atoms with van der Waals surface area (Å²) in [6.07, 6.45) is 12.7. The van der Waals surface area contributed by atoms with Crippen LogP contribution in [0.1, 0.15) is 51.4 Å². The van der Waals surface area contributed by atoms with Gasteiger partial charge in [-0.25, -0.2) is 4.98 Å². The highest BCUT2D eigenvalue weighted by atomic mass is 32.2. The van der Waals surface area contributed by atoms with Gasteiger partial charge in [-0.3, -0.25) is 4.79 Å². The average molecular weight is 388 g/mol. The number of pyridine rings is 1. The second-order valence-corrected chi connectivity index (χ2v) is 9.86. The third-order valence-corrected chi connectivity index (χ3v) is 7.68. The maximum absolute atomic E-state index is 12.7. The van der Waals surface area contributed by atoms with E-state index in [9.17, 15) is 4.79 Å². The van der Waals surface area contributed by atoms with Crippen LogP contribution in [0.25, 0.3) is 0 Å². The van der Waals surface area contributed by atoms with E-state index in [-0.39, 0.29) is 5.91 Å². The summed E-state index contributed by atoms with van der Waals surface area (Å²) in [5.74, 6) is 1.72. The molecule has 148 valence electrons. The molecule has 3 aliphatic rings. The van der Waals surface area contributed by atoms with Crippen LogP contribution in [0.2, 0.25) is 0 Å². The Morgan fingerprint density at radius 3 is 2.81 bits per heavy atom. The highest BCUT2D eigenvalue weighted by Gasteiger charge is 2.42. The summed E-state index contributed by atoms with van der Waals surface area (Å²) < 4.78 is 0. The van der Waals surface area contributed by atoms with Crippen molar-refractivity contribution < 1.29 is 4.79 Å². The van der Waals surface area contributed by atoms with Crippen molar-refractivity contribution in [3.05, 3.63) is 24.4 Å². The van der Waals surface area contributed by atoms with Crippen molar-refractivity contribution in [2.24, 2.45) is 11.3 Å². The first kappa shape index (κ1) is 19.3. The molecule has 3 fully saturated rings. The van der Waals surface area contributed by atoms with Gasteiger partial charge in [0.1, 0.15) is 0 Å². The molecular weight excluding hydrogens is 354 g/mol. The van der Waals surface area contributed by atoms with E-state index in [1.54, 1.807) is 18.0 Å². The molecule has 1 aliphatic carbocycles. The Morgan fingerprint density at radius 2 is 2.00 bits per heavy atom. The quantitative estimate of drug-likeness (QED) is 0.714. The molecule has 1 amide bonds. The van der Waals surface area contributed by atoms with E-state index in [2.05, 4.69) is 14.8 Å². The maximum Gasteiger partial charge on any atom is 0.233 e. The van der Waals surface area contributed by atoms with E-state index < -0.39 is 0 Å². The molecule has 0 radical (unpaired) electrons. The number of likely N-dealkylation sites (tertiary alicyclic amines) is 2. The monoisotopic (exact) mass is 387 g/mol. The number of nitrogens with zero attached hydrogens (tertiary/aromatic N) is 3. The lowest BCUT2D eigenvalue weighted by Gasteiger charge is -2.42. The molecule has 5 heteroatoms. The number of amides is 1. The van der Waals surface area contributed by atoms with Crippen molar-refractivity contribution in [1.29, 1.82) is 0 Å². The zero-order valence-corrected chi connectivity index (χ0v) is 17.3. The lowest BCUT2D eigenvalue weighted by Crippen LogP contribution is -2.47. The SMILES string of the molecule is O=C(CSc1ccccn1)N1CC[C@@]2(CCCN(CC3CCCCC3)C2)C1. The summed E-state index contributed by atoms with van der Waals surface area (Å²) in [5.41, 5.74) is 0.359. The summed E-state index contributed by atoms with van der Waals surface area (Å²) in [7, 11) is 0. The van der Waals surface area contributed by atoms with E-state index >= 15 is 0 Å². The van der Waals surface area contributed by atoms with Crippen LogP contribution in [-0.2, 0) is 4.79 Å². The Hall–Kier alpha value is -1.07. The van der Waals surface area contributed by atoms with Crippen molar-refractivity contribution in [2.45, 2.75) is 56.4 Å². The van der Waals surface area contributed by atoms with Gasteiger partial charge in [-0.1, -0.05) is 37.1 Å². The molecule has 2 saturated heterocycles. The van der Waals surface area contributed by atoms with E-state index in [4.69, 9.17) is 0 Å². The van der Waals surface area contributed by atoms with Crippen LogP contribution < -0.4 is 0 Å². The summed E-state index contributed by atoms with van der Waals surface area (Å²) >= 11 is 1.56. The Bertz CT molecular complexity index is 619. The van der Waals surface area contributed by atoms with Gasteiger partial charge in [0.05, 0.1) is 10.8 Å². The second-order valence-electron chi connectivity index (χ2n) is 8.86. The number of thioether (sulfide) groups is 1. The molecule has 1 spiro atoms. The van der Waals surface area contributed by atoms with Crippen molar-refractivity contribution in [2.75, 3.05) is 38.5 Å². The van der Waals surface area contributed by atoms with Gasteiger partial charge >= 0.3 is 0 Å². The summed E-state index contributed by atoms with van der Waals surface area (Å²) in [4.78, 5) is 21.9. The fraction of sp³-hybridized carbons (Fsp3) is 0.727. The fourth-order valence-corrected chi connectivity index (χ4v) is 6.11. The molecule has 0 bridgehead atoms. The van der Waals surface area contributed by atoms with Crippen LogP contribution in [0.4, 0.5) is 0 Å². The summed E-state index contributed by atoms with van der Waals surface area (Å²) in [6, 6.07) is 5.87. The van der Waals surface area contributed by atoms with Gasteiger partial charge in [-0.2, -0.15) is 0 Å². The Morgan fingerprint density at radius 1 is 1.11 bits per heavy atom. The second kappa shape index (κ2) is 8.95. The van der Waals surface area contributed by atoms with E-state index in [0.717, 1.165) is 24.0 Å².